The van der Waals surface area contributed by atoms with Crippen molar-refractivity contribution in [1.29, 1.82) is 0 Å². The molecule has 0 atom stereocenters. The number of hydrogen-bond acceptors (Lipinski definition) is 6. The van der Waals surface area contributed by atoms with Crippen LogP contribution in [0.4, 0.5) is 0 Å². The second-order valence-corrected chi connectivity index (χ2v) is 10.2. The number of ketones is 2. The lowest BCUT2D eigenvalue weighted by molar-refractivity contribution is 0.103. The number of sulfone groups is 2. The van der Waals surface area contributed by atoms with Crippen LogP contribution in [0.3, 0.4) is 0 Å². The number of allylic oxidation sites excluding steroid dienone is 6. The van der Waals surface area contributed by atoms with Gasteiger partial charge in [0, 0.05) is 11.1 Å². The van der Waals surface area contributed by atoms with Gasteiger partial charge in [-0.15, -0.1) is 0 Å². The maximum absolute atomic E-state index is 12.5. The number of fused-ring (bicyclic) bond motifs is 2. The third-order valence-corrected chi connectivity index (χ3v) is 8.39. The average Bonchev–Trinajstić information content (AvgIpc) is 3.02. The summed E-state index contributed by atoms with van der Waals surface area (Å²) in [6.45, 7) is 0. The molecule has 0 spiro atoms. The Bertz CT molecular complexity index is 1370. The predicted octanol–water partition coefficient (Wildman–Crippen LogP) is 3.04. The van der Waals surface area contributed by atoms with Gasteiger partial charge in [0.25, 0.3) is 0 Å². The molecule has 146 valence electrons. The van der Waals surface area contributed by atoms with E-state index in [4.69, 9.17) is 0 Å². The third-order valence-electron chi connectivity index (χ3n) is 4.69. The van der Waals surface area contributed by atoms with E-state index < -0.39 is 31.2 Å². The molecular formula is C21H14O6S2. The van der Waals surface area contributed by atoms with Crippen molar-refractivity contribution < 1.29 is 26.4 Å². The van der Waals surface area contributed by atoms with E-state index in [0.29, 0.717) is 0 Å². The van der Waals surface area contributed by atoms with E-state index in [9.17, 15) is 26.4 Å². The fourth-order valence-corrected chi connectivity index (χ4v) is 6.47. The normalized spacial score (nSPS) is 21.8. The van der Waals surface area contributed by atoms with Crippen LogP contribution < -0.4 is 0 Å². The molecular weight excluding hydrogens is 412 g/mol. The molecule has 6 nitrogen and oxygen atoms in total. The summed E-state index contributed by atoms with van der Waals surface area (Å²) in [6.07, 6.45) is 5.41. The van der Waals surface area contributed by atoms with Crippen LogP contribution in [-0.2, 0) is 19.7 Å². The number of Topliss-reactive ketones (excluding diaryl/α,β-unsaturated/α-hetero) is 2. The van der Waals surface area contributed by atoms with E-state index in [1.54, 1.807) is 24.3 Å². The molecule has 0 N–H and O–H groups in total. The fraction of sp³-hybridized carbons (Fsp3) is 0.0476. The zero-order valence-corrected chi connectivity index (χ0v) is 16.5. The SMILES string of the molecule is O=C1C(=CC=CCC=C2C(=O)c3ccccc3S2(=O)=O)S(=O)(=O)c2ccccc21. The molecule has 4 rings (SSSR count). The van der Waals surface area contributed by atoms with Gasteiger partial charge in [0.05, 0.1) is 9.79 Å². The molecule has 0 fully saturated rings. The van der Waals surface area contributed by atoms with Crippen molar-refractivity contribution >= 4 is 31.2 Å². The van der Waals surface area contributed by atoms with Gasteiger partial charge in [-0.25, -0.2) is 16.8 Å². The van der Waals surface area contributed by atoms with Crippen molar-refractivity contribution in [1.82, 2.24) is 0 Å². The smallest absolute Gasteiger partial charge is 0.211 e. The van der Waals surface area contributed by atoms with Gasteiger partial charge >= 0.3 is 0 Å². The van der Waals surface area contributed by atoms with Gasteiger partial charge < -0.3 is 0 Å². The predicted molar refractivity (Wildman–Crippen MR) is 106 cm³/mol. The van der Waals surface area contributed by atoms with E-state index >= 15 is 0 Å². The van der Waals surface area contributed by atoms with Gasteiger partial charge in [-0.1, -0.05) is 42.5 Å². The van der Waals surface area contributed by atoms with Crippen LogP contribution in [0.25, 0.3) is 0 Å². The Kier molecular flexibility index (Phi) is 4.48. The molecule has 0 unspecified atom stereocenters. The molecule has 2 aromatic rings. The minimum absolute atomic E-state index is 0.0113. The van der Waals surface area contributed by atoms with Crippen LogP contribution in [0.1, 0.15) is 27.1 Å². The first-order chi connectivity index (χ1) is 13.8. The molecule has 0 bridgehead atoms. The summed E-state index contributed by atoms with van der Waals surface area (Å²) >= 11 is 0. The highest BCUT2D eigenvalue weighted by atomic mass is 32.2. The van der Waals surface area contributed by atoms with Crippen LogP contribution in [0.2, 0.25) is 0 Å². The van der Waals surface area contributed by atoms with Gasteiger partial charge in [-0.2, -0.15) is 0 Å². The minimum Gasteiger partial charge on any atom is -0.288 e. The van der Waals surface area contributed by atoms with Crippen LogP contribution in [0.15, 0.2) is 92.4 Å². The lowest BCUT2D eigenvalue weighted by atomic mass is 10.1. The zero-order chi connectivity index (χ0) is 20.8. The van der Waals surface area contributed by atoms with Gasteiger partial charge in [0.2, 0.25) is 31.2 Å². The van der Waals surface area contributed by atoms with E-state index in [2.05, 4.69) is 0 Å². The largest absolute Gasteiger partial charge is 0.288 e. The van der Waals surface area contributed by atoms with E-state index in [1.807, 2.05) is 0 Å². The van der Waals surface area contributed by atoms with Crippen molar-refractivity contribution in [3.63, 3.8) is 0 Å². The monoisotopic (exact) mass is 426 g/mol. The first-order valence-electron chi connectivity index (χ1n) is 8.61. The second-order valence-electron chi connectivity index (χ2n) is 6.42. The molecule has 0 aromatic heterocycles. The van der Waals surface area contributed by atoms with Crippen molar-refractivity contribution in [3.8, 4) is 0 Å². The van der Waals surface area contributed by atoms with Crippen molar-refractivity contribution in [2.45, 2.75) is 16.2 Å². The van der Waals surface area contributed by atoms with Gasteiger partial charge in [0.1, 0.15) is 9.81 Å². The van der Waals surface area contributed by atoms with E-state index in [0.717, 1.165) is 0 Å². The fourth-order valence-electron chi connectivity index (χ4n) is 3.30. The Labute approximate surface area is 167 Å². The van der Waals surface area contributed by atoms with Crippen molar-refractivity contribution in [3.05, 3.63) is 93.8 Å². The Morgan fingerprint density at radius 3 is 1.72 bits per heavy atom. The molecule has 0 radical (unpaired) electrons. The summed E-state index contributed by atoms with van der Waals surface area (Å²) in [4.78, 5) is 24.0. The molecule has 29 heavy (non-hydrogen) atoms. The molecule has 2 aromatic carbocycles. The summed E-state index contributed by atoms with van der Waals surface area (Å²) in [5.41, 5.74) is 0.278. The highest BCUT2D eigenvalue weighted by Crippen LogP contribution is 2.35. The lowest BCUT2D eigenvalue weighted by Crippen LogP contribution is -2.02. The summed E-state index contributed by atoms with van der Waals surface area (Å²) in [6, 6.07) is 12.0. The maximum atomic E-state index is 12.5. The standard InChI is InChI=1S/C21H14O6S2/c22-20-14-8-4-6-10-16(14)28(24,25)18(20)12-2-1-3-13-19-21(23)15-9-5-7-11-17(15)29(19,26)27/h1-2,4-13H,3H2. The van der Waals surface area contributed by atoms with Gasteiger partial charge in [0.15, 0.2) is 0 Å². The maximum Gasteiger partial charge on any atom is 0.211 e. The van der Waals surface area contributed by atoms with Crippen LogP contribution in [0.5, 0.6) is 0 Å². The summed E-state index contributed by atoms with van der Waals surface area (Å²) in [5, 5.41) is 0. The van der Waals surface area contributed by atoms with Crippen LogP contribution >= 0.6 is 0 Å². The highest BCUT2D eigenvalue weighted by Gasteiger charge is 2.39. The quantitative estimate of drug-likeness (QED) is 0.699. The second kappa shape index (κ2) is 6.75. The Morgan fingerprint density at radius 1 is 0.690 bits per heavy atom. The molecule has 0 aliphatic carbocycles. The number of carbonyl (C=O) groups is 2. The first kappa shape index (κ1) is 19.2. The number of benzene rings is 2. The summed E-state index contributed by atoms with van der Waals surface area (Å²) in [5.74, 6) is -1.14. The van der Waals surface area contributed by atoms with Crippen molar-refractivity contribution in [2.24, 2.45) is 0 Å². The topological polar surface area (TPSA) is 102 Å². The summed E-state index contributed by atoms with van der Waals surface area (Å²) < 4.78 is 49.9. The first-order valence-corrected chi connectivity index (χ1v) is 11.6. The lowest BCUT2D eigenvalue weighted by Gasteiger charge is -1.96. The van der Waals surface area contributed by atoms with Crippen molar-refractivity contribution in [2.75, 3.05) is 0 Å². The Hall–Kier alpha value is -3.10. The van der Waals surface area contributed by atoms with Gasteiger partial charge in [-0.05, 0) is 36.8 Å². The average molecular weight is 426 g/mol. The molecule has 2 heterocycles. The van der Waals surface area contributed by atoms with E-state index in [1.165, 1.54) is 48.6 Å². The molecule has 2 aliphatic heterocycles. The minimum atomic E-state index is -3.87. The Balaban J connectivity index is 1.57. The van der Waals surface area contributed by atoms with Gasteiger partial charge in [-0.3, -0.25) is 9.59 Å². The molecule has 0 amide bonds. The number of carbonyl (C=O) groups excluding carboxylic acids is 2. The number of rotatable bonds is 3. The Morgan fingerprint density at radius 2 is 1.17 bits per heavy atom. The number of hydrogen-bond donors (Lipinski definition) is 0. The van der Waals surface area contributed by atoms with Crippen LogP contribution in [-0.4, -0.2) is 28.4 Å². The third kappa shape index (κ3) is 2.92. The molecule has 0 saturated heterocycles. The molecule has 8 heteroatoms. The molecule has 0 saturated carbocycles. The van der Waals surface area contributed by atoms with Crippen LogP contribution in [0, 0.1) is 0 Å². The highest BCUT2D eigenvalue weighted by molar-refractivity contribution is 7.97. The van der Waals surface area contributed by atoms with E-state index in [-0.39, 0.29) is 37.1 Å². The molecule has 2 aliphatic rings. The zero-order valence-electron chi connectivity index (χ0n) is 14.9. The summed E-state index contributed by atoms with van der Waals surface area (Å²) in [7, 11) is -7.72.